The molecule has 1 aliphatic rings. The van der Waals surface area contributed by atoms with Gasteiger partial charge in [0.25, 0.3) is 5.89 Å². The Morgan fingerprint density at radius 1 is 1.20 bits per heavy atom. The van der Waals surface area contributed by atoms with E-state index in [-0.39, 0.29) is 12.4 Å². The predicted molar refractivity (Wildman–Crippen MR) is 95.6 cm³/mol. The third-order valence-electron chi connectivity index (χ3n) is 4.29. The minimum atomic E-state index is 0. The van der Waals surface area contributed by atoms with Gasteiger partial charge in [0, 0.05) is 13.0 Å². The molecule has 25 heavy (non-hydrogen) atoms. The fraction of sp³-hybridized carbons (Fsp3) is 0.412. The van der Waals surface area contributed by atoms with Gasteiger partial charge in [0.1, 0.15) is 6.33 Å². The molecule has 1 unspecified atom stereocenters. The number of hydrogen-bond acceptors (Lipinski definition) is 6. The van der Waals surface area contributed by atoms with Crippen molar-refractivity contribution >= 4 is 12.4 Å². The second kappa shape index (κ2) is 8.22. The molecule has 1 atom stereocenters. The molecule has 3 aromatic rings. The minimum Gasteiger partial charge on any atom is -0.330 e. The molecule has 7 nitrogen and oxygen atoms in total. The van der Waals surface area contributed by atoms with Gasteiger partial charge in [0.15, 0.2) is 5.82 Å². The van der Waals surface area contributed by atoms with E-state index in [2.05, 4.69) is 37.7 Å². The minimum absolute atomic E-state index is 0. The lowest BCUT2D eigenvalue weighted by Crippen LogP contribution is -2.31. The van der Waals surface area contributed by atoms with Gasteiger partial charge in [-0.3, -0.25) is 0 Å². The van der Waals surface area contributed by atoms with Crippen LogP contribution in [0.15, 0.2) is 41.2 Å². The number of aromatic nitrogens is 5. The number of piperidine rings is 1. The quantitative estimate of drug-likeness (QED) is 0.752. The molecule has 0 amide bonds. The third kappa shape index (κ3) is 4.24. The third-order valence-corrected chi connectivity index (χ3v) is 4.29. The van der Waals surface area contributed by atoms with Crippen molar-refractivity contribution in [3.63, 3.8) is 0 Å². The van der Waals surface area contributed by atoms with Crippen molar-refractivity contribution in [1.29, 1.82) is 0 Å². The van der Waals surface area contributed by atoms with E-state index in [4.69, 9.17) is 4.52 Å². The highest BCUT2D eigenvalue weighted by atomic mass is 35.5. The molecular weight excluding hydrogens is 340 g/mol. The second-order valence-electron chi connectivity index (χ2n) is 6.05. The molecule has 1 saturated heterocycles. The van der Waals surface area contributed by atoms with Crippen LogP contribution in [-0.4, -0.2) is 38.0 Å². The molecule has 0 saturated carbocycles. The maximum absolute atomic E-state index is 5.32. The normalized spacial score (nSPS) is 17.2. The lowest BCUT2D eigenvalue weighted by Gasteiger charge is -2.22. The van der Waals surface area contributed by atoms with Gasteiger partial charge >= 0.3 is 0 Å². The Labute approximate surface area is 152 Å². The zero-order valence-electron chi connectivity index (χ0n) is 13.8. The van der Waals surface area contributed by atoms with Crippen LogP contribution in [0.2, 0.25) is 0 Å². The first-order valence-corrected chi connectivity index (χ1v) is 8.37. The smallest absolute Gasteiger partial charge is 0.297 e. The van der Waals surface area contributed by atoms with Crippen LogP contribution in [0.1, 0.15) is 30.3 Å². The van der Waals surface area contributed by atoms with Crippen molar-refractivity contribution in [3.8, 4) is 11.7 Å². The average molecular weight is 361 g/mol. The van der Waals surface area contributed by atoms with Crippen molar-refractivity contribution in [2.75, 3.05) is 13.1 Å². The summed E-state index contributed by atoms with van der Waals surface area (Å²) in [6.45, 7) is 2.00. The highest BCUT2D eigenvalue weighted by Gasteiger charge is 2.19. The Balaban J connectivity index is 0.00000182. The molecular formula is C17H21ClN6O. The van der Waals surface area contributed by atoms with Crippen molar-refractivity contribution in [2.45, 2.75) is 31.7 Å². The molecule has 1 aliphatic heterocycles. The highest BCUT2D eigenvalue weighted by molar-refractivity contribution is 5.85. The Bertz CT molecular complexity index is 781. The van der Waals surface area contributed by atoms with Crippen molar-refractivity contribution < 1.29 is 4.52 Å². The molecule has 1 fully saturated rings. The first kappa shape index (κ1) is 17.6. The standard InChI is InChI=1S/C17H20N6O.ClH/c1-2-5-13(6-3-1)8-9-15-20-17(24-22-15)16-19-12-23(21-16)14-7-4-10-18-11-14;/h1-3,5-6,12,14,18H,4,7-11H2;1H. The van der Waals surface area contributed by atoms with Crippen LogP contribution in [0.5, 0.6) is 0 Å². The number of halogens is 1. The maximum atomic E-state index is 5.32. The van der Waals surface area contributed by atoms with Crippen molar-refractivity contribution in [1.82, 2.24) is 30.2 Å². The Morgan fingerprint density at radius 2 is 2.08 bits per heavy atom. The summed E-state index contributed by atoms with van der Waals surface area (Å²) in [6.07, 6.45) is 5.64. The largest absolute Gasteiger partial charge is 0.330 e. The van der Waals surface area contributed by atoms with Gasteiger partial charge in [-0.05, 0) is 31.4 Å². The number of nitrogens with one attached hydrogen (secondary N) is 1. The SMILES string of the molecule is Cl.c1ccc(CCc2noc(-c3ncn(C4CCCNC4)n3)n2)cc1. The van der Waals surface area contributed by atoms with Gasteiger partial charge in [0.2, 0.25) is 5.82 Å². The molecule has 3 heterocycles. The summed E-state index contributed by atoms with van der Waals surface area (Å²) in [5.41, 5.74) is 1.26. The van der Waals surface area contributed by atoms with Crippen LogP contribution in [-0.2, 0) is 12.8 Å². The lowest BCUT2D eigenvalue weighted by molar-refractivity contribution is 0.345. The van der Waals surface area contributed by atoms with Gasteiger partial charge in [-0.15, -0.1) is 17.5 Å². The molecule has 0 radical (unpaired) electrons. The van der Waals surface area contributed by atoms with Crippen LogP contribution in [0.25, 0.3) is 11.7 Å². The summed E-state index contributed by atoms with van der Waals surface area (Å²) >= 11 is 0. The monoisotopic (exact) mass is 360 g/mol. The summed E-state index contributed by atoms with van der Waals surface area (Å²) in [4.78, 5) is 8.74. The maximum Gasteiger partial charge on any atom is 0.297 e. The van der Waals surface area contributed by atoms with E-state index in [1.165, 1.54) is 5.56 Å². The molecule has 2 aromatic heterocycles. The fourth-order valence-electron chi connectivity index (χ4n) is 2.96. The number of rotatable bonds is 5. The van der Waals surface area contributed by atoms with Gasteiger partial charge < -0.3 is 9.84 Å². The van der Waals surface area contributed by atoms with Gasteiger partial charge in [0.05, 0.1) is 6.04 Å². The van der Waals surface area contributed by atoms with E-state index in [1.807, 2.05) is 22.9 Å². The molecule has 8 heteroatoms. The Kier molecular flexibility index (Phi) is 5.78. The van der Waals surface area contributed by atoms with Crippen molar-refractivity contribution in [2.24, 2.45) is 0 Å². The second-order valence-corrected chi connectivity index (χ2v) is 6.05. The number of hydrogen-bond donors (Lipinski definition) is 1. The van der Waals surface area contributed by atoms with Crippen LogP contribution >= 0.6 is 12.4 Å². The van der Waals surface area contributed by atoms with Crippen molar-refractivity contribution in [3.05, 3.63) is 48.0 Å². The first-order chi connectivity index (χ1) is 11.9. The summed E-state index contributed by atoms with van der Waals surface area (Å²) in [5.74, 6) is 1.57. The summed E-state index contributed by atoms with van der Waals surface area (Å²) in [7, 11) is 0. The number of nitrogens with zero attached hydrogens (tertiary/aromatic N) is 5. The number of benzene rings is 1. The molecule has 0 spiro atoms. The Hall–Kier alpha value is -2.25. The van der Waals surface area contributed by atoms with E-state index in [0.717, 1.165) is 38.8 Å². The zero-order chi connectivity index (χ0) is 16.2. The van der Waals surface area contributed by atoms with Crippen LogP contribution < -0.4 is 5.32 Å². The van der Waals surface area contributed by atoms with Crippen LogP contribution in [0, 0.1) is 0 Å². The topological polar surface area (TPSA) is 81.7 Å². The molecule has 0 aliphatic carbocycles. The zero-order valence-corrected chi connectivity index (χ0v) is 14.7. The average Bonchev–Trinajstić information content (AvgIpc) is 3.31. The van der Waals surface area contributed by atoms with E-state index in [1.54, 1.807) is 6.33 Å². The summed E-state index contributed by atoms with van der Waals surface area (Å²) in [6, 6.07) is 10.6. The van der Waals surface area contributed by atoms with E-state index in [0.29, 0.717) is 23.6 Å². The summed E-state index contributed by atoms with van der Waals surface area (Å²) < 4.78 is 7.22. The fourth-order valence-corrected chi connectivity index (χ4v) is 2.96. The van der Waals surface area contributed by atoms with E-state index >= 15 is 0 Å². The first-order valence-electron chi connectivity index (χ1n) is 8.37. The summed E-state index contributed by atoms with van der Waals surface area (Å²) in [5, 5.41) is 11.9. The molecule has 132 valence electrons. The van der Waals surface area contributed by atoms with E-state index < -0.39 is 0 Å². The van der Waals surface area contributed by atoms with Crippen LogP contribution in [0.4, 0.5) is 0 Å². The van der Waals surface area contributed by atoms with Gasteiger partial charge in [-0.2, -0.15) is 4.98 Å². The highest BCUT2D eigenvalue weighted by Crippen LogP contribution is 2.18. The Morgan fingerprint density at radius 3 is 2.88 bits per heavy atom. The van der Waals surface area contributed by atoms with Crippen LogP contribution in [0.3, 0.4) is 0 Å². The molecule has 1 aromatic carbocycles. The molecule has 4 rings (SSSR count). The predicted octanol–water partition coefficient (Wildman–Crippen LogP) is 2.46. The van der Waals surface area contributed by atoms with Gasteiger partial charge in [-0.1, -0.05) is 35.5 Å². The molecule has 1 N–H and O–H groups in total. The number of aryl methyl sites for hydroxylation is 2. The lowest BCUT2D eigenvalue weighted by atomic mass is 10.1. The van der Waals surface area contributed by atoms with E-state index in [9.17, 15) is 0 Å². The van der Waals surface area contributed by atoms with Gasteiger partial charge in [-0.25, -0.2) is 9.67 Å². The molecule has 0 bridgehead atoms.